The number of hydrogen-bond acceptors (Lipinski definition) is 3. The van der Waals surface area contributed by atoms with Crippen molar-refractivity contribution in [2.24, 2.45) is 0 Å². The van der Waals surface area contributed by atoms with Crippen LogP contribution in [0.5, 0.6) is 5.75 Å². The predicted molar refractivity (Wildman–Crippen MR) is 74.2 cm³/mol. The first-order valence-corrected chi connectivity index (χ1v) is 6.19. The highest BCUT2D eigenvalue weighted by atomic mass is 35.5. The maximum Gasteiger partial charge on any atom is 0.132 e. The second kappa shape index (κ2) is 5.89. The van der Waals surface area contributed by atoms with Gasteiger partial charge >= 0.3 is 0 Å². The number of anilines is 1. The molecule has 0 aliphatic rings. The van der Waals surface area contributed by atoms with E-state index in [1.54, 1.807) is 30.5 Å². The van der Waals surface area contributed by atoms with Crippen molar-refractivity contribution in [3.05, 3.63) is 53.1 Å². The highest BCUT2D eigenvalue weighted by Gasteiger charge is 2.12. The first-order chi connectivity index (χ1) is 9.10. The molecule has 2 aromatic rings. The Morgan fingerprint density at radius 1 is 1.32 bits per heavy atom. The average molecular weight is 281 g/mol. The third-order valence-electron chi connectivity index (χ3n) is 2.78. The number of ether oxygens (including phenoxy) is 1. The lowest BCUT2D eigenvalue weighted by molar-refractivity contribution is 0.410. The summed E-state index contributed by atoms with van der Waals surface area (Å²) in [5, 5.41) is 3.57. The van der Waals surface area contributed by atoms with Gasteiger partial charge < -0.3 is 10.1 Å². The van der Waals surface area contributed by atoms with E-state index in [9.17, 15) is 4.39 Å². The van der Waals surface area contributed by atoms with Gasteiger partial charge in [0.2, 0.25) is 0 Å². The Morgan fingerprint density at radius 3 is 2.74 bits per heavy atom. The van der Waals surface area contributed by atoms with E-state index in [0.717, 1.165) is 5.69 Å². The molecule has 0 radical (unpaired) electrons. The smallest absolute Gasteiger partial charge is 0.132 e. The van der Waals surface area contributed by atoms with Crippen molar-refractivity contribution < 1.29 is 9.13 Å². The molecule has 1 unspecified atom stereocenters. The normalized spacial score (nSPS) is 12.0. The minimum Gasteiger partial charge on any atom is -0.497 e. The van der Waals surface area contributed by atoms with E-state index >= 15 is 0 Å². The summed E-state index contributed by atoms with van der Waals surface area (Å²) in [5.41, 5.74) is 1.36. The van der Waals surface area contributed by atoms with Crippen molar-refractivity contribution in [1.82, 2.24) is 4.98 Å². The molecular formula is C14H14ClFN2O. The molecule has 1 N–H and O–H groups in total. The Hall–Kier alpha value is -1.81. The molecule has 0 saturated heterocycles. The molecule has 0 aliphatic carbocycles. The van der Waals surface area contributed by atoms with Gasteiger partial charge in [0.15, 0.2) is 0 Å². The minimum absolute atomic E-state index is 0.190. The first-order valence-electron chi connectivity index (χ1n) is 5.81. The van der Waals surface area contributed by atoms with E-state index in [-0.39, 0.29) is 11.9 Å². The summed E-state index contributed by atoms with van der Waals surface area (Å²) >= 11 is 5.80. The molecule has 1 aromatic carbocycles. The van der Waals surface area contributed by atoms with Crippen LogP contribution in [0, 0.1) is 5.82 Å². The van der Waals surface area contributed by atoms with E-state index in [2.05, 4.69) is 10.3 Å². The number of halogens is 2. The Kier molecular flexibility index (Phi) is 4.22. The maximum atomic E-state index is 13.9. The SMILES string of the molecule is COc1ccc(C(C)Nc2ccnc(Cl)c2)c(F)c1. The molecule has 0 aliphatic heterocycles. The molecule has 2 rings (SSSR count). The third kappa shape index (κ3) is 3.35. The van der Waals surface area contributed by atoms with Gasteiger partial charge in [0, 0.05) is 23.5 Å². The largest absolute Gasteiger partial charge is 0.497 e. The van der Waals surface area contributed by atoms with Gasteiger partial charge in [0.1, 0.15) is 16.7 Å². The lowest BCUT2D eigenvalue weighted by atomic mass is 10.1. The molecule has 0 bridgehead atoms. The number of nitrogens with zero attached hydrogens (tertiary/aromatic N) is 1. The van der Waals surface area contributed by atoms with Crippen LogP contribution >= 0.6 is 11.6 Å². The van der Waals surface area contributed by atoms with Gasteiger partial charge in [-0.1, -0.05) is 17.7 Å². The molecule has 0 saturated carbocycles. The van der Waals surface area contributed by atoms with Crippen molar-refractivity contribution in [3.8, 4) is 5.75 Å². The summed E-state index contributed by atoms with van der Waals surface area (Å²) in [6, 6.07) is 8.09. The standard InChI is InChI=1S/C14H14ClFN2O/c1-9(18-10-5-6-17-14(15)7-10)12-4-3-11(19-2)8-13(12)16/h3-9H,1-2H3,(H,17,18). The number of nitrogens with one attached hydrogen (secondary N) is 1. The van der Waals surface area contributed by atoms with Gasteiger partial charge in [0.05, 0.1) is 13.2 Å². The van der Waals surface area contributed by atoms with Crippen LogP contribution in [0.3, 0.4) is 0 Å². The second-order valence-electron chi connectivity index (χ2n) is 4.12. The fourth-order valence-corrected chi connectivity index (χ4v) is 1.98. The minimum atomic E-state index is -0.306. The Balaban J connectivity index is 2.18. The summed E-state index contributed by atoms with van der Waals surface area (Å²) in [5.74, 6) is 0.194. The van der Waals surface area contributed by atoms with Crippen LogP contribution < -0.4 is 10.1 Å². The van der Waals surface area contributed by atoms with Crippen molar-refractivity contribution in [3.63, 3.8) is 0 Å². The van der Waals surface area contributed by atoms with E-state index < -0.39 is 0 Å². The van der Waals surface area contributed by atoms with Crippen molar-refractivity contribution in [1.29, 1.82) is 0 Å². The van der Waals surface area contributed by atoms with E-state index in [4.69, 9.17) is 16.3 Å². The van der Waals surface area contributed by atoms with Crippen molar-refractivity contribution in [2.75, 3.05) is 12.4 Å². The van der Waals surface area contributed by atoms with Crippen LogP contribution in [-0.2, 0) is 0 Å². The summed E-state index contributed by atoms with van der Waals surface area (Å²) < 4.78 is 18.9. The number of hydrogen-bond donors (Lipinski definition) is 1. The molecular weight excluding hydrogens is 267 g/mol. The van der Waals surface area contributed by atoms with Gasteiger partial charge in [-0.3, -0.25) is 0 Å². The zero-order valence-corrected chi connectivity index (χ0v) is 11.4. The zero-order chi connectivity index (χ0) is 13.8. The quantitative estimate of drug-likeness (QED) is 0.858. The van der Waals surface area contributed by atoms with Crippen molar-refractivity contribution in [2.45, 2.75) is 13.0 Å². The number of rotatable bonds is 4. The van der Waals surface area contributed by atoms with E-state index in [0.29, 0.717) is 16.5 Å². The first kappa shape index (κ1) is 13.6. The fraction of sp³-hybridized carbons (Fsp3) is 0.214. The molecule has 0 fully saturated rings. The number of aromatic nitrogens is 1. The van der Waals surface area contributed by atoms with Crippen LogP contribution in [0.25, 0.3) is 0 Å². The van der Waals surface area contributed by atoms with Gasteiger partial charge in [-0.25, -0.2) is 9.37 Å². The third-order valence-corrected chi connectivity index (χ3v) is 2.99. The molecule has 0 amide bonds. The monoisotopic (exact) mass is 280 g/mol. The van der Waals surface area contributed by atoms with E-state index in [1.807, 2.05) is 6.92 Å². The Labute approximate surface area is 116 Å². The molecule has 1 atom stereocenters. The highest BCUT2D eigenvalue weighted by molar-refractivity contribution is 6.29. The average Bonchev–Trinajstić information content (AvgIpc) is 2.38. The molecule has 19 heavy (non-hydrogen) atoms. The predicted octanol–water partition coefficient (Wildman–Crippen LogP) is 4.06. The fourth-order valence-electron chi connectivity index (χ4n) is 1.81. The van der Waals surface area contributed by atoms with Crippen LogP contribution in [0.4, 0.5) is 10.1 Å². The van der Waals surface area contributed by atoms with Crippen LogP contribution in [0.1, 0.15) is 18.5 Å². The summed E-state index contributed by atoms with van der Waals surface area (Å²) in [4.78, 5) is 3.89. The second-order valence-corrected chi connectivity index (χ2v) is 4.51. The van der Waals surface area contributed by atoms with Gasteiger partial charge in [-0.15, -0.1) is 0 Å². The molecule has 100 valence electrons. The zero-order valence-electron chi connectivity index (χ0n) is 10.7. The van der Waals surface area contributed by atoms with E-state index in [1.165, 1.54) is 13.2 Å². The lowest BCUT2D eigenvalue weighted by Crippen LogP contribution is -2.08. The molecule has 1 aromatic heterocycles. The molecule has 3 nitrogen and oxygen atoms in total. The maximum absolute atomic E-state index is 13.9. The van der Waals surface area contributed by atoms with Crippen LogP contribution in [-0.4, -0.2) is 12.1 Å². The van der Waals surface area contributed by atoms with Gasteiger partial charge in [-0.2, -0.15) is 0 Å². The van der Waals surface area contributed by atoms with Crippen LogP contribution in [0.2, 0.25) is 5.15 Å². The number of methoxy groups -OCH3 is 1. The Bertz CT molecular complexity index is 577. The number of benzene rings is 1. The molecule has 5 heteroatoms. The van der Waals surface area contributed by atoms with Gasteiger partial charge in [-0.05, 0) is 25.1 Å². The topological polar surface area (TPSA) is 34.1 Å². The molecule has 0 spiro atoms. The summed E-state index contributed by atoms with van der Waals surface area (Å²) in [6.07, 6.45) is 1.60. The summed E-state index contributed by atoms with van der Waals surface area (Å²) in [7, 11) is 1.51. The van der Waals surface area contributed by atoms with Crippen LogP contribution in [0.15, 0.2) is 36.5 Å². The lowest BCUT2D eigenvalue weighted by Gasteiger charge is -2.17. The van der Waals surface area contributed by atoms with Gasteiger partial charge in [0.25, 0.3) is 0 Å². The number of pyridine rings is 1. The summed E-state index contributed by atoms with van der Waals surface area (Å²) in [6.45, 7) is 1.87. The molecule has 1 heterocycles. The Morgan fingerprint density at radius 2 is 2.11 bits per heavy atom. The highest BCUT2D eigenvalue weighted by Crippen LogP contribution is 2.25. The van der Waals surface area contributed by atoms with Crippen molar-refractivity contribution >= 4 is 17.3 Å².